The van der Waals surface area contributed by atoms with Crippen molar-refractivity contribution in [3.63, 3.8) is 0 Å². The molecule has 0 aromatic heterocycles. The number of methoxy groups -OCH3 is 1. The molecule has 0 aliphatic carbocycles. The van der Waals surface area contributed by atoms with E-state index in [1.807, 2.05) is 11.1 Å². The van der Waals surface area contributed by atoms with Crippen LogP contribution in [0.5, 0.6) is 5.75 Å². The molecule has 2 aliphatic heterocycles. The number of anilines is 2. The lowest BCUT2D eigenvalue weighted by Crippen LogP contribution is -2.55. The number of halogens is 1. The number of hydrogen-bond acceptors (Lipinski definition) is 6. The molecule has 3 rings (SSSR count). The van der Waals surface area contributed by atoms with E-state index in [-0.39, 0.29) is 24.1 Å². The van der Waals surface area contributed by atoms with Crippen LogP contribution in [0.25, 0.3) is 0 Å². The molecule has 2 fully saturated rings. The van der Waals surface area contributed by atoms with Gasteiger partial charge in [0, 0.05) is 31.1 Å². The molecule has 1 aromatic carbocycles. The molecule has 7 heteroatoms. The van der Waals surface area contributed by atoms with Gasteiger partial charge >= 0.3 is 5.97 Å². The largest absolute Gasteiger partial charge is 0.495 e. The number of nitrogen functional groups attached to an aromatic ring is 1. The summed E-state index contributed by atoms with van der Waals surface area (Å²) in [5.41, 5.74) is 7.19. The molecular weight excluding hydrogens is 330 g/mol. The fourth-order valence-corrected chi connectivity index (χ4v) is 3.99. The Morgan fingerprint density at radius 1 is 1.33 bits per heavy atom. The van der Waals surface area contributed by atoms with Gasteiger partial charge in [-0.05, 0) is 31.7 Å². The van der Waals surface area contributed by atoms with Gasteiger partial charge < -0.3 is 20.6 Å². The van der Waals surface area contributed by atoms with E-state index in [9.17, 15) is 4.79 Å². The molecule has 1 aromatic rings. The van der Waals surface area contributed by atoms with Crippen molar-refractivity contribution < 1.29 is 14.4 Å². The van der Waals surface area contributed by atoms with Crippen LogP contribution < -0.4 is 15.8 Å². The van der Waals surface area contributed by atoms with Crippen LogP contribution >= 0.6 is 11.6 Å². The highest BCUT2D eigenvalue weighted by Gasteiger charge is 2.40. The van der Waals surface area contributed by atoms with Gasteiger partial charge in [0.2, 0.25) is 0 Å². The van der Waals surface area contributed by atoms with Gasteiger partial charge in [0.15, 0.2) is 0 Å². The number of benzene rings is 1. The van der Waals surface area contributed by atoms with Gasteiger partial charge in [-0.3, -0.25) is 4.79 Å². The quantitative estimate of drug-likeness (QED) is 0.809. The molecule has 0 amide bonds. The number of nitrogens with zero attached hydrogens (tertiary/aromatic N) is 1. The Bertz CT molecular complexity index is 611. The van der Waals surface area contributed by atoms with Crippen LogP contribution in [0.4, 0.5) is 11.4 Å². The van der Waals surface area contributed by atoms with Crippen LogP contribution in [-0.2, 0) is 9.63 Å². The number of rotatable bonds is 4. The Kier molecular flexibility index (Phi) is 5.06. The first-order valence-electron chi connectivity index (χ1n) is 8.34. The van der Waals surface area contributed by atoms with Crippen molar-refractivity contribution in [1.82, 2.24) is 5.06 Å². The monoisotopic (exact) mass is 353 g/mol. The van der Waals surface area contributed by atoms with Gasteiger partial charge in [-0.15, -0.1) is 5.06 Å². The van der Waals surface area contributed by atoms with E-state index in [2.05, 4.69) is 5.32 Å². The second kappa shape index (κ2) is 7.07. The molecule has 2 unspecified atom stereocenters. The summed E-state index contributed by atoms with van der Waals surface area (Å²) in [7, 11) is 1.62. The number of nitrogens with one attached hydrogen (secondary N) is 1. The predicted octanol–water partition coefficient (Wildman–Crippen LogP) is 3.21. The van der Waals surface area contributed by atoms with E-state index in [4.69, 9.17) is 26.9 Å². The van der Waals surface area contributed by atoms with Crippen LogP contribution in [0.3, 0.4) is 0 Å². The van der Waals surface area contributed by atoms with Crippen LogP contribution in [-0.4, -0.2) is 36.3 Å². The van der Waals surface area contributed by atoms with E-state index < -0.39 is 0 Å². The number of hydroxylamine groups is 2. The number of carbonyl (C=O) groups excluding carboxylic acids is 1. The van der Waals surface area contributed by atoms with E-state index >= 15 is 0 Å². The summed E-state index contributed by atoms with van der Waals surface area (Å²) in [6, 6.07) is 4.34. The third-order valence-electron chi connectivity index (χ3n) is 4.82. The van der Waals surface area contributed by atoms with E-state index in [1.54, 1.807) is 13.2 Å². The van der Waals surface area contributed by atoms with E-state index in [0.717, 1.165) is 31.4 Å². The van der Waals surface area contributed by atoms with Gasteiger partial charge in [0.1, 0.15) is 5.75 Å². The third-order valence-corrected chi connectivity index (χ3v) is 5.15. The van der Waals surface area contributed by atoms with Crippen LogP contribution in [0, 0.1) is 0 Å². The Morgan fingerprint density at radius 2 is 2.00 bits per heavy atom. The second-order valence-electron chi connectivity index (χ2n) is 6.57. The molecule has 2 heterocycles. The highest BCUT2D eigenvalue weighted by molar-refractivity contribution is 6.33. The number of nitrogens with two attached hydrogens (primary N) is 1. The topological polar surface area (TPSA) is 76.8 Å². The smallest absolute Gasteiger partial charge is 0.322 e. The lowest BCUT2D eigenvalue weighted by Gasteiger charge is -2.47. The van der Waals surface area contributed by atoms with Crippen molar-refractivity contribution in [2.24, 2.45) is 0 Å². The summed E-state index contributed by atoms with van der Waals surface area (Å²) < 4.78 is 5.41. The molecule has 2 atom stereocenters. The summed E-state index contributed by atoms with van der Waals surface area (Å²) in [4.78, 5) is 16.8. The number of hydrogen-bond donors (Lipinski definition) is 2. The lowest BCUT2D eigenvalue weighted by atomic mass is 9.83. The van der Waals surface area contributed by atoms with Crippen molar-refractivity contribution in [1.29, 1.82) is 0 Å². The normalized spacial score (nSPS) is 26.7. The summed E-state index contributed by atoms with van der Waals surface area (Å²) in [5.74, 6) is 0.440. The fourth-order valence-electron chi connectivity index (χ4n) is 3.82. The van der Waals surface area contributed by atoms with Gasteiger partial charge in [0.25, 0.3) is 0 Å². The van der Waals surface area contributed by atoms with Crippen molar-refractivity contribution in [2.45, 2.75) is 57.2 Å². The highest BCUT2D eigenvalue weighted by atomic mass is 35.5. The second-order valence-corrected chi connectivity index (χ2v) is 6.98. The Labute approximate surface area is 147 Å². The van der Waals surface area contributed by atoms with Crippen molar-refractivity contribution in [3.8, 4) is 5.75 Å². The van der Waals surface area contributed by atoms with Crippen LogP contribution in [0.1, 0.15) is 39.0 Å². The molecule has 0 saturated carbocycles. The Hall–Kier alpha value is -1.66. The molecule has 3 N–H and O–H groups in total. The predicted molar refractivity (Wildman–Crippen MR) is 94.1 cm³/mol. The number of piperidine rings is 2. The molecule has 0 radical (unpaired) electrons. The third kappa shape index (κ3) is 3.54. The molecule has 2 bridgehead atoms. The SMILES string of the molecule is COc1cc(N)c(Cl)cc1NC1CC2CCCC(C1)N2OC(C)=O. The lowest BCUT2D eigenvalue weighted by molar-refractivity contribution is -0.232. The zero-order chi connectivity index (χ0) is 17.3. The van der Waals surface area contributed by atoms with Crippen LogP contribution in [0.2, 0.25) is 5.02 Å². The zero-order valence-electron chi connectivity index (χ0n) is 14.0. The molecule has 6 nitrogen and oxygen atoms in total. The first-order valence-corrected chi connectivity index (χ1v) is 8.72. The molecule has 0 spiro atoms. The highest BCUT2D eigenvalue weighted by Crippen LogP contribution is 2.38. The van der Waals surface area contributed by atoms with Crippen molar-refractivity contribution in [2.75, 3.05) is 18.2 Å². The molecule has 2 aliphatic rings. The summed E-state index contributed by atoms with van der Waals surface area (Å²) >= 11 is 6.15. The van der Waals surface area contributed by atoms with Crippen molar-refractivity contribution >= 4 is 28.9 Å². The minimum absolute atomic E-state index is 0.245. The standard InChI is InChI=1S/C17H24ClN3O3/c1-10(22)24-21-12-4-3-5-13(21)7-11(6-12)20-16-8-14(18)15(19)9-17(16)23-2/h8-9,11-13,20H,3-7,19H2,1-2H3. The average Bonchev–Trinajstić information content (AvgIpc) is 2.51. The Balaban J connectivity index is 1.74. The summed E-state index contributed by atoms with van der Waals surface area (Å²) in [6.45, 7) is 1.46. The maximum Gasteiger partial charge on any atom is 0.322 e. The first kappa shape index (κ1) is 17.2. The van der Waals surface area contributed by atoms with E-state index in [1.165, 1.54) is 13.3 Å². The van der Waals surface area contributed by atoms with E-state index in [0.29, 0.717) is 16.5 Å². The number of ether oxygens (including phenoxy) is 1. The van der Waals surface area contributed by atoms with Gasteiger partial charge in [-0.25, -0.2) is 0 Å². The van der Waals surface area contributed by atoms with Gasteiger partial charge in [0.05, 0.1) is 23.5 Å². The molecule has 24 heavy (non-hydrogen) atoms. The molecular formula is C17H24ClN3O3. The average molecular weight is 354 g/mol. The Morgan fingerprint density at radius 3 is 2.58 bits per heavy atom. The fraction of sp³-hybridized carbons (Fsp3) is 0.588. The maximum absolute atomic E-state index is 11.3. The number of fused-ring (bicyclic) bond motifs is 2. The van der Waals surface area contributed by atoms with Crippen LogP contribution in [0.15, 0.2) is 12.1 Å². The zero-order valence-corrected chi connectivity index (χ0v) is 14.8. The number of carbonyl (C=O) groups is 1. The minimum atomic E-state index is -0.245. The molecule has 2 saturated heterocycles. The van der Waals surface area contributed by atoms with Gasteiger partial charge in [-0.1, -0.05) is 18.0 Å². The van der Waals surface area contributed by atoms with Gasteiger partial charge in [-0.2, -0.15) is 0 Å². The maximum atomic E-state index is 11.3. The minimum Gasteiger partial charge on any atom is -0.495 e. The summed E-state index contributed by atoms with van der Waals surface area (Å²) in [5, 5.41) is 5.96. The molecule has 132 valence electrons. The first-order chi connectivity index (χ1) is 11.5. The summed E-state index contributed by atoms with van der Waals surface area (Å²) in [6.07, 6.45) is 5.09. The van der Waals surface area contributed by atoms with Crippen molar-refractivity contribution in [3.05, 3.63) is 17.2 Å².